The fourth-order valence-corrected chi connectivity index (χ4v) is 4.21. The molecule has 0 atom stereocenters. The minimum absolute atomic E-state index is 0.0603. The summed E-state index contributed by atoms with van der Waals surface area (Å²) in [4.78, 5) is 35.2. The summed E-state index contributed by atoms with van der Waals surface area (Å²) in [7, 11) is 0. The average molecular weight is 428 g/mol. The number of piperidine rings is 1. The normalized spacial score (nSPS) is 14.4. The van der Waals surface area contributed by atoms with E-state index >= 15 is 0 Å². The number of rotatable bonds is 7. The van der Waals surface area contributed by atoms with Gasteiger partial charge in [0.2, 0.25) is 11.8 Å². The van der Waals surface area contributed by atoms with Crippen LogP contribution in [0.5, 0.6) is 0 Å². The Balaban J connectivity index is 1.52. The van der Waals surface area contributed by atoms with Crippen molar-refractivity contribution < 1.29 is 9.59 Å². The number of anilines is 2. The Labute approximate surface area is 182 Å². The summed E-state index contributed by atoms with van der Waals surface area (Å²) in [6, 6.07) is 7.89. The molecule has 1 aromatic heterocycles. The Morgan fingerprint density at radius 2 is 1.93 bits per heavy atom. The van der Waals surface area contributed by atoms with Crippen molar-refractivity contribution in [2.75, 3.05) is 35.6 Å². The van der Waals surface area contributed by atoms with Crippen LogP contribution in [0.15, 0.2) is 35.6 Å². The number of thioether (sulfide) groups is 1. The van der Waals surface area contributed by atoms with E-state index in [1.54, 1.807) is 0 Å². The van der Waals surface area contributed by atoms with Gasteiger partial charge in [-0.3, -0.25) is 9.59 Å². The Bertz CT molecular complexity index is 897. The van der Waals surface area contributed by atoms with Crippen molar-refractivity contribution in [3.63, 3.8) is 0 Å². The number of carbonyl (C=O) groups is 2. The van der Waals surface area contributed by atoms with Crippen LogP contribution in [0.4, 0.5) is 11.5 Å². The summed E-state index contributed by atoms with van der Waals surface area (Å²) < 4.78 is 0. The van der Waals surface area contributed by atoms with E-state index in [9.17, 15) is 9.59 Å². The molecular weight excluding hydrogens is 398 g/mol. The highest BCUT2D eigenvalue weighted by molar-refractivity contribution is 7.99. The van der Waals surface area contributed by atoms with Crippen molar-refractivity contribution in [3.05, 3.63) is 41.7 Å². The van der Waals surface area contributed by atoms with Crippen molar-refractivity contribution in [1.29, 1.82) is 0 Å². The average Bonchev–Trinajstić information content (AvgIpc) is 2.75. The van der Waals surface area contributed by atoms with Crippen LogP contribution in [0.25, 0.3) is 0 Å². The van der Waals surface area contributed by atoms with Crippen LogP contribution in [0.2, 0.25) is 0 Å². The number of nitrogens with one attached hydrogen (secondary N) is 2. The van der Waals surface area contributed by atoms with Crippen LogP contribution >= 0.6 is 11.8 Å². The lowest BCUT2D eigenvalue weighted by Gasteiger charge is -2.32. The van der Waals surface area contributed by atoms with Crippen LogP contribution in [-0.2, 0) is 9.59 Å². The summed E-state index contributed by atoms with van der Waals surface area (Å²) >= 11 is 1.39. The molecule has 1 aliphatic rings. The monoisotopic (exact) mass is 427 g/mol. The van der Waals surface area contributed by atoms with E-state index < -0.39 is 0 Å². The molecule has 2 amide bonds. The lowest BCUT2D eigenvalue weighted by atomic mass is 9.96. The van der Waals surface area contributed by atoms with E-state index in [0.29, 0.717) is 6.54 Å². The summed E-state index contributed by atoms with van der Waals surface area (Å²) in [6.45, 7) is 8.20. The molecule has 0 unspecified atom stereocenters. The molecule has 0 bridgehead atoms. The summed E-state index contributed by atoms with van der Waals surface area (Å²) in [5.41, 5.74) is 3.06. The molecule has 2 heterocycles. The van der Waals surface area contributed by atoms with E-state index in [-0.39, 0.29) is 23.5 Å². The van der Waals surface area contributed by atoms with Crippen molar-refractivity contribution in [3.8, 4) is 0 Å². The van der Waals surface area contributed by atoms with Gasteiger partial charge >= 0.3 is 0 Å². The van der Waals surface area contributed by atoms with E-state index in [2.05, 4.69) is 31.6 Å². The molecule has 0 saturated carbocycles. The van der Waals surface area contributed by atoms with Crippen LogP contribution in [-0.4, -0.2) is 47.2 Å². The number of carbonyl (C=O) groups excluding carboxylic acids is 2. The predicted octanol–water partition coefficient (Wildman–Crippen LogP) is 3.18. The fourth-order valence-electron chi connectivity index (χ4n) is 3.55. The number of benzene rings is 1. The molecule has 1 fully saturated rings. The first kappa shape index (κ1) is 22.1. The minimum Gasteiger partial charge on any atom is -0.356 e. The lowest BCUT2D eigenvalue weighted by Crippen LogP contribution is -2.40. The van der Waals surface area contributed by atoms with Gasteiger partial charge in [-0.15, -0.1) is 0 Å². The zero-order valence-electron chi connectivity index (χ0n) is 17.8. The van der Waals surface area contributed by atoms with Gasteiger partial charge in [-0.1, -0.05) is 29.5 Å². The van der Waals surface area contributed by atoms with Crippen LogP contribution in [0.1, 0.15) is 30.9 Å². The molecule has 0 radical (unpaired) electrons. The summed E-state index contributed by atoms with van der Waals surface area (Å²) in [5.74, 6) is 1.28. The van der Waals surface area contributed by atoms with Crippen molar-refractivity contribution in [1.82, 2.24) is 15.3 Å². The predicted molar refractivity (Wildman–Crippen MR) is 121 cm³/mol. The van der Waals surface area contributed by atoms with Crippen LogP contribution in [0, 0.1) is 19.8 Å². The number of aryl methyl sites for hydroxylation is 2. The number of nitrogens with zero attached hydrogens (tertiary/aromatic N) is 3. The van der Waals surface area contributed by atoms with Gasteiger partial charge in [0.25, 0.3) is 0 Å². The molecule has 1 aliphatic heterocycles. The third-order valence-electron chi connectivity index (χ3n) is 5.18. The molecule has 2 N–H and O–H groups in total. The quantitative estimate of drug-likeness (QED) is 0.521. The molecule has 8 heteroatoms. The molecule has 1 saturated heterocycles. The van der Waals surface area contributed by atoms with Crippen molar-refractivity contribution >= 4 is 35.1 Å². The Morgan fingerprint density at radius 1 is 1.17 bits per heavy atom. The highest BCUT2D eigenvalue weighted by Gasteiger charge is 2.25. The number of aromatic nitrogens is 2. The molecular formula is C22H29N5O2S. The smallest absolute Gasteiger partial charge is 0.234 e. The third-order valence-corrected chi connectivity index (χ3v) is 6.10. The molecule has 7 nitrogen and oxygen atoms in total. The first-order valence-electron chi connectivity index (χ1n) is 10.3. The lowest BCUT2D eigenvalue weighted by molar-refractivity contribution is -0.125. The molecule has 2 aromatic rings. The molecule has 0 spiro atoms. The molecule has 160 valence electrons. The molecule has 0 aliphatic carbocycles. The standard InChI is InChI=1S/C22H29N5O2S/c1-4-23-22(29)17-7-9-27(10-8-17)19-12-21(25-14-24-19)30-13-20(28)26-18-6-5-15(2)11-16(18)3/h5-6,11-12,14,17H,4,7-10,13H2,1-3H3,(H,23,29)(H,26,28). The first-order chi connectivity index (χ1) is 14.5. The van der Waals surface area contributed by atoms with Gasteiger partial charge in [0.1, 0.15) is 17.2 Å². The minimum atomic E-state index is -0.0603. The fraction of sp³-hybridized carbons (Fsp3) is 0.455. The molecule has 1 aromatic carbocycles. The highest BCUT2D eigenvalue weighted by Crippen LogP contribution is 2.25. The maximum Gasteiger partial charge on any atom is 0.234 e. The maximum absolute atomic E-state index is 12.3. The zero-order valence-corrected chi connectivity index (χ0v) is 18.6. The van der Waals surface area contributed by atoms with Crippen LogP contribution in [0.3, 0.4) is 0 Å². The topological polar surface area (TPSA) is 87.2 Å². The maximum atomic E-state index is 12.3. The SMILES string of the molecule is CCNC(=O)C1CCN(c2cc(SCC(=O)Nc3ccc(C)cc3C)ncn2)CC1. The van der Waals surface area contributed by atoms with Gasteiger partial charge in [0.05, 0.1) is 5.75 Å². The van der Waals surface area contributed by atoms with Gasteiger partial charge in [0.15, 0.2) is 0 Å². The van der Waals surface area contributed by atoms with E-state index in [0.717, 1.165) is 48.0 Å². The second kappa shape index (κ2) is 10.4. The van der Waals surface area contributed by atoms with E-state index in [1.807, 2.05) is 39.0 Å². The number of amides is 2. The van der Waals surface area contributed by atoms with Crippen molar-refractivity contribution in [2.24, 2.45) is 5.92 Å². The zero-order chi connectivity index (χ0) is 21.5. The molecule has 30 heavy (non-hydrogen) atoms. The number of hydrogen-bond acceptors (Lipinski definition) is 6. The Kier molecular flexibility index (Phi) is 7.68. The largest absolute Gasteiger partial charge is 0.356 e. The highest BCUT2D eigenvalue weighted by atomic mass is 32.2. The Hall–Kier alpha value is -2.61. The van der Waals surface area contributed by atoms with Gasteiger partial charge < -0.3 is 15.5 Å². The summed E-state index contributed by atoms with van der Waals surface area (Å²) in [5, 5.41) is 6.63. The van der Waals surface area contributed by atoms with Gasteiger partial charge in [-0.2, -0.15) is 0 Å². The van der Waals surface area contributed by atoms with Crippen molar-refractivity contribution in [2.45, 2.75) is 38.6 Å². The first-order valence-corrected chi connectivity index (χ1v) is 11.3. The van der Waals surface area contributed by atoms with Crippen LogP contribution < -0.4 is 15.5 Å². The van der Waals surface area contributed by atoms with E-state index in [1.165, 1.54) is 23.7 Å². The second-order valence-electron chi connectivity index (χ2n) is 7.53. The van der Waals surface area contributed by atoms with Gasteiger partial charge in [0, 0.05) is 37.3 Å². The van der Waals surface area contributed by atoms with Gasteiger partial charge in [-0.05, 0) is 45.2 Å². The van der Waals surface area contributed by atoms with Gasteiger partial charge in [-0.25, -0.2) is 9.97 Å². The molecule has 3 rings (SSSR count). The second-order valence-corrected chi connectivity index (χ2v) is 8.52. The van der Waals surface area contributed by atoms with E-state index in [4.69, 9.17) is 0 Å². The summed E-state index contributed by atoms with van der Waals surface area (Å²) in [6.07, 6.45) is 3.17. The number of hydrogen-bond donors (Lipinski definition) is 2. The Morgan fingerprint density at radius 3 is 2.63 bits per heavy atom. The third kappa shape index (κ3) is 5.95.